The minimum atomic E-state index is 0.621. The highest BCUT2D eigenvalue weighted by Gasteiger charge is 2.17. The molecule has 1 aromatic heterocycles. The van der Waals surface area contributed by atoms with E-state index in [1.807, 2.05) is 12.4 Å². The van der Waals surface area contributed by atoms with Gasteiger partial charge in [0.25, 0.3) is 0 Å². The van der Waals surface area contributed by atoms with Gasteiger partial charge in [-0.3, -0.25) is 0 Å². The first kappa shape index (κ1) is 12.4. The van der Waals surface area contributed by atoms with Crippen LogP contribution in [0.15, 0.2) is 36.7 Å². The first-order chi connectivity index (χ1) is 9.33. The third-order valence-corrected chi connectivity index (χ3v) is 4.05. The Morgan fingerprint density at radius 2 is 2.16 bits per heavy atom. The minimum Gasteiger partial charge on any atom is -0.338 e. The molecule has 0 bridgehead atoms. The third-order valence-electron chi connectivity index (χ3n) is 4.05. The summed E-state index contributed by atoms with van der Waals surface area (Å²) in [7, 11) is 2.05. The van der Waals surface area contributed by atoms with Crippen LogP contribution in [-0.2, 0) is 26.3 Å². The van der Waals surface area contributed by atoms with Crippen LogP contribution < -0.4 is 5.32 Å². The van der Waals surface area contributed by atoms with Gasteiger partial charge < -0.3 is 9.88 Å². The largest absolute Gasteiger partial charge is 0.338 e. The van der Waals surface area contributed by atoms with Gasteiger partial charge in [0.1, 0.15) is 5.82 Å². The molecule has 1 aromatic carbocycles. The Balaban J connectivity index is 1.51. The summed E-state index contributed by atoms with van der Waals surface area (Å²) < 4.78 is 2.10. The van der Waals surface area contributed by atoms with Crippen LogP contribution in [0.3, 0.4) is 0 Å². The van der Waals surface area contributed by atoms with Crippen LogP contribution in [0.25, 0.3) is 0 Å². The van der Waals surface area contributed by atoms with E-state index in [4.69, 9.17) is 0 Å². The normalized spacial score (nSPS) is 18.3. The van der Waals surface area contributed by atoms with Crippen molar-refractivity contribution in [3.63, 3.8) is 0 Å². The van der Waals surface area contributed by atoms with Crippen molar-refractivity contribution in [2.75, 3.05) is 6.54 Å². The number of nitrogens with one attached hydrogen (secondary N) is 1. The molecule has 0 aliphatic heterocycles. The van der Waals surface area contributed by atoms with Crippen LogP contribution in [0.4, 0.5) is 0 Å². The topological polar surface area (TPSA) is 29.9 Å². The highest BCUT2D eigenvalue weighted by atomic mass is 15.0. The lowest BCUT2D eigenvalue weighted by molar-refractivity contribution is 0.458. The molecule has 3 rings (SSSR count). The third kappa shape index (κ3) is 2.87. The number of hydrogen-bond donors (Lipinski definition) is 1. The lowest BCUT2D eigenvalue weighted by Gasteiger charge is -2.25. The van der Waals surface area contributed by atoms with Crippen LogP contribution in [-0.4, -0.2) is 22.1 Å². The second kappa shape index (κ2) is 5.57. The Kier molecular flexibility index (Phi) is 3.65. The summed E-state index contributed by atoms with van der Waals surface area (Å²) in [5.74, 6) is 1.16. The number of rotatable bonds is 4. The molecule has 1 aliphatic carbocycles. The van der Waals surface area contributed by atoms with E-state index < -0.39 is 0 Å². The fraction of sp³-hybridized carbons (Fsp3) is 0.438. The van der Waals surface area contributed by atoms with Gasteiger partial charge in [-0.25, -0.2) is 4.98 Å². The lowest BCUT2D eigenvalue weighted by atomic mass is 9.88. The summed E-state index contributed by atoms with van der Waals surface area (Å²) >= 11 is 0. The van der Waals surface area contributed by atoms with E-state index in [1.165, 1.54) is 24.0 Å². The first-order valence-corrected chi connectivity index (χ1v) is 7.09. The van der Waals surface area contributed by atoms with Crippen molar-refractivity contribution in [3.05, 3.63) is 53.6 Å². The van der Waals surface area contributed by atoms with Crippen molar-refractivity contribution >= 4 is 0 Å². The number of aryl methyl sites for hydroxylation is 2. The quantitative estimate of drug-likeness (QED) is 0.907. The molecule has 0 spiro atoms. The van der Waals surface area contributed by atoms with Gasteiger partial charge in [-0.2, -0.15) is 0 Å². The molecule has 0 amide bonds. The summed E-state index contributed by atoms with van der Waals surface area (Å²) in [4.78, 5) is 4.36. The van der Waals surface area contributed by atoms with Crippen molar-refractivity contribution in [2.45, 2.75) is 31.7 Å². The van der Waals surface area contributed by atoms with Crippen molar-refractivity contribution < 1.29 is 0 Å². The number of nitrogens with zero attached hydrogens (tertiary/aromatic N) is 2. The molecule has 1 N–H and O–H groups in total. The molecule has 100 valence electrons. The van der Waals surface area contributed by atoms with Gasteiger partial charge in [0.2, 0.25) is 0 Å². The number of benzene rings is 1. The minimum absolute atomic E-state index is 0.621. The molecule has 0 saturated heterocycles. The lowest BCUT2D eigenvalue weighted by Crippen LogP contribution is -2.36. The monoisotopic (exact) mass is 255 g/mol. The fourth-order valence-electron chi connectivity index (χ4n) is 2.90. The summed E-state index contributed by atoms with van der Waals surface area (Å²) in [5, 5.41) is 3.67. The zero-order chi connectivity index (χ0) is 13.1. The number of hydrogen-bond acceptors (Lipinski definition) is 2. The number of aromatic nitrogens is 2. The zero-order valence-corrected chi connectivity index (χ0v) is 11.5. The standard InChI is InChI=1S/C16H21N3/c1-19-11-10-18-16(19)8-9-17-15-7-6-13-4-2-3-5-14(13)12-15/h2-5,10-11,15,17H,6-9,12H2,1H3. The number of fused-ring (bicyclic) bond motifs is 1. The Morgan fingerprint density at radius 1 is 1.32 bits per heavy atom. The molecule has 0 fully saturated rings. The van der Waals surface area contributed by atoms with E-state index in [2.05, 4.69) is 46.2 Å². The van der Waals surface area contributed by atoms with E-state index in [0.717, 1.165) is 25.2 Å². The molecule has 1 atom stereocenters. The van der Waals surface area contributed by atoms with Crippen molar-refractivity contribution in [2.24, 2.45) is 7.05 Å². The van der Waals surface area contributed by atoms with E-state index in [9.17, 15) is 0 Å². The molecule has 3 nitrogen and oxygen atoms in total. The van der Waals surface area contributed by atoms with E-state index in [0.29, 0.717) is 6.04 Å². The molecule has 1 unspecified atom stereocenters. The summed E-state index contributed by atoms with van der Waals surface area (Å²) in [6.07, 6.45) is 8.49. The second-order valence-electron chi connectivity index (χ2n) is 5.37. The Bertz CT molecular complexity index is 544. The second-order valence-corrected chi connectivity index (χ2v) is 5.37. The maximum absolute atomic E-state index is 4.36. The molecule has 19 heavy (non-hydrogen) atoms. The maximum atomic E-state index is 4.36. The molecular formula is C16H21N3. The van der Waals surface area contributed by atoms with Gasteiger partial charge in [0, 0.05) is 38.4 Å². The summed E-state index contributed by atoms with van der Waals surface area (Å²) in [5.41, 5.74) is 3.05. The SMILES string of the molecule is Cn1ccnc1CCNC1CCc2ccccc2C1. The van der Waals surface area contributed by atoms with Crippen molar-refractivity contribution in [1.29, 1.82) is 0 Å². The van der Waals surface area contributed by atoms with Crippen molar-refractivity contribution in [3.8, 4) is 0 Å². The molecule has 0 radical (unpaired) electrons. The Hall–Kier alpha value is -1.61. The van der Waals surface area contributed by atoms with Crippen LogP contribution >= 0.6 is 0 Å². The summed E-state index contributed by atoms with van der Waals surface area (Å²) in [6.45, 7) is 1.01. The van der Waals surface area contributed by atoms with E-state index in [1.54, 1.807) is 0 Å². The highest BCUT2D eigenvalue weighted by molar-refractivity contribution is 5.30. The molecule has 2 aromatic rings. The summed E-state index contributed by atoms with van der Waals surface area (Å²) in [6, 6.07) is 9.44. The van der Waals surface area contributed by atoms with Crippen molar-refractivity contribution in [1.82, 2.24) is 14.9 Å². The van der Waals surface area contributed by atoms with Crippen LogP contribution in [0.5, 0.6) is 0 Å². The molecule has 1 aliphatic rings. The Labute approximate surface area is 114 Å². The van der Waals surface area contributed by atoms with Gasteiger partial charge in [-0.15, -0.1) is 0 Å². The van der Waals surface area contributed by atoms with Crippen LogP contribution in [0, 0.1) is 0 Å². The van der Waals surface area contributed by atoms with Crippen LogP contribution in [0.1, 0.15) is 23.4 Å². The first-order valence-electron chi connectivity index (χ1n) is 7.09. The smallest absolute Gasteiger partial charge is 0.109 e. The maximum Gasteiger partial charge on any atom is 0.109 e. The van der Waals surface area contributed by atoms with E-state index >= 15 is 0 Å². The van der Waals surface area contributed by atoms with Crippen LogP contribution in [0.2, 0.25) is 0 Å². The van der Waals surface area contributed by atoms with Gasteiger partial charge >= 0.3 is 0 Å². The molecular weight excluding hydrogens is 234 g/mol. The average molecular weight is 255 g/mol. The zero-order valence-electron chi connectivity index (χ0n) is 11.5. The van der Waals surface area contributed by atoms with Gasteiger partial charge in [0.15, 0.2) is 0 Å². The van der Waals surface area contributed by atoms with Gasteiger partial charge in [-0.1, -0.05) is 24.3 Å². The fourth-order valence-corrected chi connectivity index (χ4v) is 2.90. The predicted octanol–water partition coefficient (Wildman–Crippen LogP) is 2.11. The van der Waals surface area contributed by atoms with Gasteiger partial charge in [0.05, 0.1) is 0 Å². The number of imidazole rings is 1. The Morgan fingerprint density at radius 3 is 2.95 bits per heavy atom. The highest BCUT2D eigenvalue weighted by Crippen LogP contribution is 2.20. The average Bonchev–Trinajstić information content (AvgIpc) is 2.84. The molecule has 0 saturated carbocycles. The molecule has 3 heteroatoms. The van der Waals surface area contributed by atoms with E-state index in [-0.39, 0.29) is 0 Å². The van der Waals surface area contributed by atoms with Gasteiger partial charge in [-0.05, 0) is 30.4 Å². The molecule has 1 heterocycles. The predicted molar refractivity (Wildman–Crippen MR) is 77.2 cm³/mol.